The normalized spacial score (nSPS) is 22.8. The number of rotatable bonds is 8. The van der Waals surface area contributed by atoms with Crippen LogP contribution in [0.1, 0.15) is 44.4 Å². The molecular formula is C28H30N2O6. The Morgan fingerprint density at radius 1 is 1.08 bits per heavy atom. The number of nitrogens with zero attached hydrogens (tertiary/aromatic N) is 2. The van der Waals surface area contributed by atoms with E-state index in [0.717, 1.165) is 11.1 Å². The number of hydrogen-bond acceptors (Lipinski definition) is 6. The summed E-state index contributed by atoms with van der Waals surface area (Å²) < 4.78 is 10.7. The monoisotopic (exact) mass is 490 g/mol. The van der Waals surface area contributed by atoms with E-state index in [-0.39, 0.29) is 13.0 Å². The SMILES string of the molecule is CC(C)(C)OC(=O)C[C@@H](C=O)N1C(=O)[C@@H](N2C(=O)OC[C@@H]2c2ccccc2)[C@H]1/C=C/c1ccccc1. The Labute approximate surface area is 210 Å². The van der Waals surface area contributed by atoms with Crippen LogP contribution >= 0.6 is 0 Å². The first-order chi connectivity index (χ1) is 17.2. The number of aldehydes is 1. The van der Waals surface area contributed by atoms with Crippen molar-refractivity contribution in [2.45, 2.75) is 57.0 Å². The lowest BCUT2D eigenvalue weighted by Gasteiger charge is -2.51. The van der Waals surface area contributed by atoms with Crippen molar-refractivity contribution in [2.75, 3.05) is 6.61 Å². The fraction of sp³-hybridized carbons (Fsp3) is 0.357. The summed E-state index contributed by atoms with van der Waals surface area (Å²) in [5.74, 6) is -0.998. The predicted molar refractivity (Wildman–Crippen MR) is 133 cm³/mol. The van der Waals surface area contributed by atoms with Gasteiger partial charge in [-0.25, -0.2) is 4.79 Å². The van der Waals surface area contributed by atoms with E-state index >= 15 is 0 Å². The molecule has 0 spiro atoms. The molecule has 188 valence electrons. The van der Waals surface area contributed by atoms with E-state index < -0.39 is 47.7 Å². The number of carbonyl (C=O) groups is 4. The molecule has 0 N–H and O–H groups in total. The molecular weight excluding hydrogens is 460 g/mol. The zero-order valence-corrected chi connectivity index (χ0v) is 20.6. The maximum atomic E-state index is 13.5. The highest BCUT2D eigenvalue weighted by atomic mass is 16.6. The van der Waals surface area contributed by atoms with E-state index in [0.29, 0.717) is 6.29 Å². The number of benzene rings is 2. The number of likely N-dealkylation sites (tertiary alicyclic amines) is 1. The van der Waals surface area contributed by atoms with Crippen LogP contribution in [0.3, 0.4) is 0 Å². The first-order valence-corrected chi connectivity index (χ1v) is 11.9. The largest absolute Gasteiger partial charge is 0.460 e. The third-order valence-corrected chi connectivity index (χ3v) is 6.14. The molecule has 2 saturated heterocycles. The van der Waals surface area contributed by atoms with Crippen LogP contribution in [-0.2, 0) is 23.9 Å². The zero-order chi connectivity index (χ0) is 25.9. The van der Waals surface area contributed by atoms with Crippen molar-refractivity contribution in [3.63, 3.8) is 0 Å². The Morgan fingerprint density at radius 2 is 1.72 bits per heavy atom. The summed E-state index contributed by atoms with van der Waals surface area (Å²) in [5.41, 5.74) is 1.02. The summed E-state index contributed by atoms with van der Waals surface area (Å²) >= 11 is 0. The summed E-state index contributed by atoms with van der Waals surface area (Å²) in [4.78, 5) is 53.6. The van der Waals surface area contributed by atoms with Gasteiger partial charge in [0.15, 0.2) is 0 Å². The van der Waals surface area contributed by atoms with E-state index in [1.165, 1.54) is 9.80 Å². The smallest absolute Gasteiger partial charge is 0.411 e. The van der Waals surface area contributed by atoms with Gasteiger partial charge in [0.1, 0.15) is 24.5 Å². The summed E-state index contributed by atoms with van der Waals surface area (Å²) in [7, 11) is 0. The third kappa shape index (κ3) is 5.32. The van der Waals surface area contributed by atoms with Gasteiger partial charge in [-0.05, 0) is 31.9 Å². The van der Waals surface area contributed by atoms with Crippen molar-refractivity contribution in [1.82, 2.24) is 9.80 Å². The molecule has 8 nitrogen and oxygen atoms in total. The van der Waals surface area contributed by atoms with E-state index in [1.54, 1.807) is 26.8 Å². The fourth-order valence-corrected chi connectivity index (χ4v) is 4.59. The first-order valence-electron chi connectivity index (χ1n) is 11.9. The van der Waals surface area contributed by atoms with E-state index in [9.17, 15) is 19.2 Å². The Morgan fingerprint density at radius 3 is 2.33 bits per heavy atom. The van der Waals surface area contributed by atoms with Gasteiger partial charge in [0, 0.05) is 0 Å². The average Bonchev–Trinajstić information content (AvgIpc) is 3.21. The van der Waals surface area contributed by atoms with E-state index in [2.05, 4.69) is 0 Å². The predicted octanol–water partition coefficient (Wildman–Crippen LogP) is 3.77. The standard InChI is InChI=1S/C28H30N2O6/c1-28(2,3)36-24(32)16-21(17-31)29-22(15-14-19-10-6-4-7-11-19)25(26(29)33)30-23(18-35-27(30)34)20-12-8-5-9-13-20/h4-15,17,21-23,25H,16,18H2,1-3H3/b15-14+/t21-,22+,23+,25-/m0/s1. The second kappa shape index (κ2) is 10.4. The Balaban J connectivity index is 1.64. The Kier molecular flexibility index (Phi) is 7.24. The van der Waals surface area contributed by atoms with Crippen LogP contribution in [0.25, 0.3) is 6.08 Å². The van der Waals surface area contributed by atoms with Crippen LogP contribution in [0, 0.1) is 0 Å². The molecule has 2 aromatic carbocycles. The maximum absolute atomic E-state index is 13.5. The molecule has 36 heavy (non-hydrogen) atoms. The fourth-order valence-electron chi connectivity index (χ4n) is 4.59. The minimum absolute atomic E-state index is 0.122. The summed E-state index contributed by atoms with van der Waals surface area (Å²) in [6.07, 6.45) is 3.35. The molecule has 0 aliphatic carbocycles. The van der Waals surface area contributed by atoms with Gasteiger partial charge in [-0.3, -0.25) is 14.5 Å². The Hall–Kier alpha value is -3.94. The molecule has 0 unspecified atom stereocenters. The molecule has 2 amide bonds. The maximum Gasteiger partial charge on any atom is 0.411 e. The van der Waals surface area contributed by atoms with E-state index in [4.69, 9.17) is 9.47 Å². The van der Waals surface area contributed by atoms with Crippen molar-refractivity contribution >= 4 is 30.3 Å². The minimum atomic E-state index is -1.03. The molecule has 2 heterocycles. The van der Waals surface area contributed by atoms with Crippen LogP contribution in [0.4, 0.5) is 4.79 Å². The average molecular weight is 491 g/mol. The van der Waals surface area contributed by atoms with Gasteiger partial charge in [-0.2, -0.15) is 0 Å². The number of cyclic esters (lactones) is 1. The molecule has 2 aromatic rings. The molecule has 0 radical (unpaired) electrons. The van der Waals surface area contributed by atoms with Crippen molar-refractivity contribution in [3.05, 3.63) is 77.9 Å². The quantitative estimate of drug-likeness (QED) is 0.318. The number of esters is 1. The molecule has 2 aliphatic heterocycles. The van der Waals surface area contributed by atoms with Crippen LogP contribution < -0.4 is 0 Å². The van der Waals surface area contributed by atoms with Crippen LogP contribution in [0.15, 0.2) is 66.7 Å². The molecule has 4 atom stereocenters. The summed E-state index contributed by atoms with van der Waals surface area (Å²) in [6.45, 7) is 5.33. The van der Waals surface area contributed by atoms with Crippen LogP contribution in [0.5, 0.6) is 0 Å². The lowest BCUT2D eigenvalue weighted by atomic mass is 9.88. The van der Waals surface area contributed by atoms with Crippen molar-refractivity contribution in [3.8, 4) is 0 Å². The van der Waals surface area contributed by atoms with Gasteiger partial charge in [-0.15, -0.1) is 0 Å². The number of hydrogen-bond donors (Lipinski definition) is 0. The molecule has 2 fully saturated rings. The highest BCUT2D eigenvalue weighted by molar-refractivity contribution is 5.96. The molecule has 4 rings (SSSR count). The van der Waals surface area contributed by atoms with Gasteiger partial charge in [0.25, 0.3) is 0 Å². The molecule has 0 saturated carbocycles. The minimum Gasteiger partial charge on any atom is -0.460 e. The number of β-lactam (4-membered cyclic amide) rings is 1. The topological polar surface area (TPSA) is 93.2 Å². The molecule has 0 bridgehead atoms. The number of ether oxygens (including phenoxy) is 2. The second-order valence-electron chi connectivity index (χ2n) is 9.86. The van der Waals surface area contributed by atoms with Crippen molar-refractivity contribution < 1.29 is 28.7 Å². The number of amides is 2. The van der Waals surface area contributed by atoms with E-state index in [1.807, 2.05) is 66.7 Å². The summed E-state index contributed by atoms with van der Waals surface area (Å²) in [6, 6.07) is 15.9. The molecule has 2 aliphatic rings. The second-order valence-corrected chi connectivity index (χ2v) is 9.86. The highest BCUT2D eigenvalue weighted by Crippen LogP contribution is 2.38. The van der Waals surface area contributed by atoms with Crippen LogP contribution in [0.2, 0.25) is 0 Å². The van der Waals surface area contributed by atoms with Gasteiger partial charge >= 0.3 is 12.1 Å². The highest BCUT2D eigenvalue weighted by Gasteiger charge is 2.57. The van der Waals surface area contributed by atoms with Gasteiger partial charge in [0.2, 0.25) is 5.91 Å². The summed E-state index contributed by atoms with van der Waals surface area (Å²) in [5, 5.41) is 0. The zero-order valence-electron chi connectivity index (χ0n) is 20.6. The van der Waals surface area contributed by atoms with Gasteiger partial charge in [0.05, 0.1) is 24.5 Å². The Bertz CT molecular complexity index is 1140. The third-order valence-electron chi connectivity index (χ3n) is 6.14. The van der Waals surface area contributed by atoms with Crippen molar-refractivity contribution in [2.24, 2.45) is 0 Å². The first kappa shape index (κ1) is 25.2. The lowest BCUT2D eigenvalue weighted by molar-refractivity contribution is -0.166. The van der Waals surface area contributed by atoms with Crippen LogP contribution in [-0.4, -0.2) is 64.4 Å². The molecule has 8 heteroatoms. The molecule has 0 aromatic heterocycles. The van der Waals surface area contributed by atoms with Gasteiger partial charge < -0.3 is 19.2 Å². The van der Waals surface area contributed by atoms with Crippen molar-refractivity contribution in [1.29, 1.82) is 0 Å². The van der Waals surface area contributed by atoms with Gasteiger partial charge in [-0.1, -0.05) is 72.8 Å². The lowest BCUT2D eigenvalue weighted by Crippen LogP contribution is -2.73. The number of carbonyl (C=O) groups excluding carboxylic acids is 4.